The van der Waals surface area contributed by atoms with Crippen molar-refractivity contribution in [3.8, 4) is 5.75 Å². The number of anilines is 1. The van der Waals surface area contributed by atoms with Crippen LogP contribution in [0.5, 0.6) is 5.75 Å². The van der Waals surface area contributed by atoms with Crippen molar-refractivity contribution in [2.75, 3.05) is 39.1 Å². The number of nitrogens with one attached hydrogen (secondary N) is 2. The summed E-state index contributed by atoms with van der Waals surface area (Å²) >= 11 is 0. The molecule has 154 valence electrons. The third-order valence-electron chi connectivity index (χ3n) is 4.09. The Morgan fingerprint density at radius 1 is 1.14 bits per heavy atom. The summed E-state index contributed by atoms with van der Waals surface area (Å²) in [7, 11) is 3.75. The first kappa shape index (κ1) is 24.0. The van der Waals surface area contributed by atoms with Crippen molar-refractivity contribution < 1.29 is 4.74 Å². The van der Waals surface area contributed by atoms with Crippen LogP contribution in [0.15, 0.2) is 53.7 Å². The van der Waals surface area contributed by atoms with Crippen molar-refractivity contribution in [3.05, 3.63) is 54.2 Å². The Balaban J connectivity index is 0.00000392. The van der Waals surface area contributed by atoms with E-state index in [4.69, 9.17) is 9.73 Å². The molecule has 0 fully saturated rings. The summed E-state index contributed by atoms with van der Waals surface area (Å²) in [5.41, 5.74) is 1.23. The van der Waals surface area contributed by atoms with Crippen molar-refractivity contribution in [3.63, 3.8) is 0 Å². The zero-order chi connectivity index (χ0) is 19.3. The van der Waals surface area contributed by atoms with Gasteiger partial charge >= 0.3 is 0 Å². The summed E-state index contributed by atoms with van der Waals surface area (Å²) < 4.78 is 5.21. The smallest absolute Gasteiger partial charge is 0.193 e. The first-order valence-electron chi connectivity index (χ1n) is 9.50. The first-order valence-corrected chi connectivity index (χ1v) is 9.50. The maximum Gasteiger partial charge on any atom is 0.193 e. The van der Waals surface area contributed by atoms with E-state index >= 15 is 0 Å². The largest absolute Gasteiger partial charge is 0.497 e. The van der Waals surface area contributed by atoms with E-state index < -0.39 is 0 Å². The summed E-state index contributed by atoms with van der Waals surface area (Å²) in [5.74, 6) is 2.74. The summed E-state index contributed by atoms with van der Waals surface area (Å²) in [6.07, 6.45) is 3.89. The molecular formula is C21H32IN5O. The van der Waals surface area contributed by atoms with Crippen LogP contribution in [-0.4, -0.2) is 49.6 Å². The molecule has 2 aromatic rings. The molecule has 0 bridgehead atoms. The average Bonchev–Trinajstić information content (AvgIpc) is 2.71. The second-order valence-electron chi connectivity index (χ2n) is 6.29. The number of aliphatic imine (C=N–C) groups is 1. The second kappa shape index (κ2) is 14.0. The van der Waals surface area contributed by atoms with Gasteiger partial charge in [0.05, 0.1) is 7.11 Å². The van der Waals surface area contributed by atoms with Gasteiger partial charge in [0.15, 0.2) is 5.96 Å². The van der Waals surface area contributed by atoms with Gasteiger partial charge in [-0.25, -0.2) is 4.98 Å². The highest BCUT2D eigenvalue weighted by molar-refractivity contribution is 14.0. The number of methoxy groups -OCH3 is 1. The van der Waals surface area contributed by atoms with Gasteiger partial charge in [0.25, 0.3) is 0 Å². The molecule has 2 rings (SSSR count). The Hall–Kier alpha value is -2.03. The number of ether oxygens (including phenoxy) is 1. The molecule has 0 aliphatic rings. The fourth-order valence-electron chi connectivity index (χ4n) is 2.65. The monoisotopic (exact) mass is 497 g/mol. The van der Waals surface area contributed by atoms with Crippen LogP contribution in [-0.2, 0) is 6.54 Å². The molecule has 2 N–H and O–H groups in total. The molecule has 0 saturated heterocycles. The van der Waals surface area contributed by atoms with Gasteiger partial charge in [-0.05, 0) is 49.6 Å². The number of hydrogen-bond acceptors (Lipinski definition) is 4. The van der Waals surface area contributed by atoms with Crippen LogP contribution >= 0.6 is 24.0 Å². The van der Waals surface area contributed by atoms with Gasteiger partial charge in [-0.2, -0.15) is 0 Å². The van der Waals surface area contributed by atoms with E-state index in [1.54, 1.807) is 13.3 Å². The average molecular weight is 497 g/mol. The van der Waals surface area contributed by atoms with Gasteiger partial charge < -0.3 is 20.3 Å². The van der Waals surface area contributed by atoms with E-state index in [-0.39, 0.29) is 24.0 Å². The molecule has 0 aliphatic carbocycles. The molecule has 1 heterocycles. The Morgan fingerprint density at radius 2 is 1.93 bits per heavy atom. The van der Waals surface area contributed by atoms with Crippen molar-refractivity contribution in [2.24, 2.45) is 4.99 Å². The van der Waals surface area contributed by atoms with Crippen molar-refractivity contribution in [2.45, 2.75) is 26.3 Å². The Bertz CT molecular complexity index is 679. The lowest BCUT2D eigenvalue weighted by Crippen LogP contribution is -2.38. The minimum atomic E-state index is 0. The highest BCUT2D eigenvalue weighted by Crippen LogP contribution is 2.12. The molecule has 1 aromatic carbocycles. The minimum absolute atomic E-state index is 0. The zero-order valence-corrected chi connectivity index (χ0v) is 19.3. The molecule has 6 nitrogen and oxygen atoms in total. The summed E-state index contributed by atoms with van der Waals surface area (Å²) in [5, 5.41) is 6.69. The molecule has 0 radical (unpaired) electrons. The van der Waals surface area contributed by atoms with Crippen LogP contribution in [0.2, 0.25) is 0 Å². The number of halogens is 1. The van der Waals surface area contributed by atoms with Crippen LogP contribution in [0.25, 0.3) is 0 Å². The van der Waals surface area contributed by atoms with Crippen LogP contribution in [0.1, 0.15) is 25.3 Å². The lowest BCUT2D eigenvalue weighted by Gasteiger charge is -2.22. The molecule has 0 atom stereocenters. The quantitative estimate of drug-likeness (QED) is 0.225. The normalized spacial score (nSPS) is 10.8. The first-order chi connectivity index (χ1) is 13.2. The molecule has 0 amide bonds. The SMILES string of the molecule is CCNC(=NCCCCNc1ccccn1)N(C)Cc1ccc(OC)cc1.I. The van der Waals surface area contributed by atoms with E-state index in [1.165, 1.54) is 5.56 Å². The fourth-order valence-corrected chi connectivity index (χ4v) is 2.65. The van der Waals surface area contributed by atoms with Crippen molar-refractivity contribution >= 4 is 35.8 Å². The second-order valence-corrected chi connectivity index (χ2v) is 6.29. The summed E-state index contributed by atoms with van der Waals surface area (Å²) in [6, 6.07) is 14.0. The highest BCUT2D eigenvalue weighted by atomic mass is 127. The third-order valence-corrected chi connectivity index (χ3v) is 4.09. The number of pyridine rings is 1. The Morgan fingerprint density at radius 3 is 2.57 bits per heavy atom. The van der Waals surface area contributed by atoms with Crippen LogP contribution in [0, 0.1) is 0 Å². The zero-order valence-electron chi connectivity index (χ0n) is 17.0. The van der Waals surface area contributed by atoms with E-state index in [0.717, 1.165) is 56.5 Å². The standard InChI is InChI=1S/C21H31N5O.HI/c1-4-22-21(26(2)17-18-10-12-19(27-3)13-11-18)25-16-8-7-15-24-20-9-5-6-14-23-20;/h5-6,9-14H,4,7-8,15-17H2,1-3H3,(H,22,25)(H,23,24);1H. The summed E-state index contributed by atoms with van der Waals surface area (Å²) in [6.45, 7) is 5.46. The van der Waals surface area contributed by atoms with Crippen molar-refractivity contribution in [1.82, 2.24) is 15.2 Å². The van der Waals surface area contributed by atoms with E-state index in [2.05, 4.69) is 46.6 Å². The lowest BCUT2D eigenvalue weighted by molar-refractivity contribution is 0.414. The van der Waals surface area contributed by atoms with Gasteiger partial charge in [0, 0.05) is 39.4 Å². The van der Waals surface area contributed by atoms with Gasteiger partial charge in [-0.1, -0.05) is 18.2 Å². The Kier molecular flexibility index (Phi) is 12.0. The number of hydrogen-bond donors (Lipinski definition) is 2. The predicted octanol–water partition coefficient (Wildman–Crippen LogP) is 4.00. The predicted molar refractivity (Wildman–Crippen MR) is 128 cm³/mol. The molecule has 0 saturated carbocycles. The highest BCUT2D eigenvalue weighted by Gasteiger charge is 2.06. The van der Waals surface area contributed by atoms with E-state index in [0.29, 0.717) is 0 Å². The number of nitrogens with zero attached hydrogens (tertiary/aromatic N) is 3. The molecule has 1 aromatic heterocycles. The Labute approximate surface area is 185 Å². The minimum Gasteiger partial charge on any atom is -0.497 e. The number of benzene rings is 1. The third kappa shape index (κ3) is 8.77. The number of guanidine groups is 1. The number of rotatable bonds is 10. The maximum absolute atomic E-state index is 5.21. The fraction of sp³-hybridized carbons (Fsp3) is 0.429. The number of aromatic nitrogens is 1. The molecule has 28 heavy (non-hydrogen) atoms. The van der Waals surface area contributed by atoms with Gasteiger partial charge in [-0.15, -0.1) is 24.0 Å². The summed E-state index contributed by atoms with van der Waals surface area (Å²) in [4.78, 5) is 11.2. The van der Waals surface area contributed by atoms with E-state index in [9.17, 15) is 0 Å². The molecule has 0 unspecified atom stereocenters. The van der Waals surface area contributed by atoms with Gasteiger partial charge in [-0.3, -0.25) is 4.99 Å². The van der Waals surface area contributed by atoms with Crippen molar-refractivity contribution in [1.29, 1.82) is 0 Å². The lowest BCUT2D eigenvalue weighted by atomic mass is 10.2. The topological polar surface area (TPSA) is 61.8 Å². The maximum atomic E-state index is 5.21. The number of unbranched alkanes of at least 4 members (excludes halogenated alkanes) is 1. The molecule has 7 heteroatoms. The molecular weight excluding hydrogens is 465 g/mol. The van der Waals surface area contributed by atoms with Crippen LogP contribution in [0.3, 0.4) is 0 Å². The van der Waals surface area contributed by atoms with Crippen LogP contribution < -0.4 is 15.4 Å². The van der Waals surface area contributed by atoms with E-state index in [1.807, 2.05) is 30.3 Å². The molecule has 0 aliphatic heterocycles. The van der Waals surface area contributed by atoms with Gasteiger partial charge in [0.1, 0.15) is 11.6 Å². The van der Waals surface area contributed by atoms with Crippen LogP contribution in [0.4, 0.5) is 5.82 Å². The molecule has 0 spiro atoms. The van der Waals surface area contributed by atoms with Gasteiger partial charge in [0.2, 0.25) is 0 Å².